The van der Waals surface area contributed by atoms with Gasteiger partial charge in [-0.3, -0.25) is 14.9 Å². The number of rotatable bonds is 5. The van der Waals surface area contributed by atoms with Gasteiger partial charge < -0.3 is 10.6 Å². The summed E-state index contributed by atoms with van der Waals surface area (Å²) in [6.45, 7) is 3.47. The van der Waals surface area contributed by atoms with Gasteiger partial charge in [0, 0.05) is 24.7 Å². The lowest BCUT2D eigenvalue weighted by Gasteiger charge is -2.32. The summed E-state index contributed by atoms with van der Waals surface area (Å²) in [6, 6.07) is 12.9. The van der Waals surface area contributed by atoms with Crippen LogP contribution in [0.25, 0.3) is 0 Å². The molecule has 2 aromatic carbocycles. The Bertz CT molecular complexity index is 825. The highest BCUT2D eigenvalue weighted by Gasteiger charge is 2.25. The third-order valence-corrected chi connectivity index (χ3v) is 5.34. The number of amides is 1. The molecule has 1 aliphatic heterocycles. The maximum absolute atomic E-state index is 12.7. The zero-order valence-corrected chi connectivity index (χ0v) is 15.6. The zero-order chi connectivity index (χ0) is 19.4. The average Bonchev–Trinajstić information content (AvgIpc) is 2.67. The van der Waals surface area contributed by atoms with Gasteiger partial charge in [-0.05, 0) is 56.2 Å². The number of nitro benzene ring substituents is 1. The molecule has 0 saturated carbocycles. The van der Waals surface area contributed by atoms with Crippen LogP contribution in [-0.4, -0.2) is 28.8 Å². The number of piperidine rings is 1. The van der Waals surface area contributed by atoms with Crippen molar-refractivity contribution in [3.8, 4) is 0 Å². The highest BCUT2D eigenvalue weighted by Crippen LogP contribution is 2.26. The second kappa shape index (κ2) is 8.20. The molecule has 1 fully saturated rings. The van der Waals surface area contributed by atoms with Crippen molar-refractivity contribution in [1.29, 1.82) is 0 Å². The Morgan fingerprint density at radius 3 is 2.48 bits per heavy atom. The minimum Gasteiger partial charge on any atom is -0.393 e. The number of hydrogen-bond acceptors (Lipinski definition) is 4. The molecule has 6 heteroatoms. The number of likely N-dealkylation sites (tertiary alicyclic amines) is 1. The Balaban J connectivity index is 1.54. The molecule has 0 unspecified atom stereocenters. The lowest BCUT2D eigenvalue weighted by Crippen LogP contribution is -2.38. The van der Waals surface area contributed by atoms with E-state index in [2.05, 4.69) is 31.2 Å². The molecule has 2 N–H and O–H groups in total. The molecular formula is C21H25N3O3. The van der Waals surface area contributed by atoms with E-state index in [9.17, 15) is 14.9 Å². The first-order chi connectivity index (χ1) is 12.9. The van der Waals surface area contributed by atoms with Crippen LogP contribution in [0.15, 0.2) is 42.5 Å². The molecule has 0 aliphatic carbocycles. The first-order valence-electron chi connectivity index (χ1n) is 9.33. The number of aryl methyl sites for hydroxylation is 2. The van der Waals surface area contributed by atoms with Gasteiger partial charge >= 0.3 is 0 Å². The van der Waals surface area contributed by atoms with Crippen molar-refractivity contribution >= 4 is 17.3 Å². The summed E-state index contributed by atoms with van der Waals surface area (Å²) < 4.78 is 0. The molecule has 27 heavy (non-hydrogen) atoms. The van der Waals surface area contributed by atoms with Crippen LogP contribution >= 0.6 is 0 Å². The van der Waals surface area contributed by atoms with Crippen molar-refractivity contribution in [2.45, 2.75) is 32.6 Å². The molecule has 142 valence electrons. The molecular weight excluding hydrogens is 342 g/mol. The Labute approximate surface area is 159 Å². The summed E-state index contributed by atoms with van der Waals surface area (Å²) in [4.78, 5) is 24.9. The number of nitrogens with two attached hydrogens (primary N) is 1. The average molecular weight is 367 g/mol. The van der Waals surface area contributed by atoms with Gasteiger partial charge in [0.1, 0.15) is 5.69 Å². The van der Waals surface area contributed by atoms with Gasteiger partial charge in [0.15, 0.2) is 0 Å². The molecule has 1 saturated heterocycles. The van der Waals surface area contributed by atoms with Crippen LogP contribution in [0, 0.1) is 23.0 Å². The summed E-state index contributed by atoms with van der Waals surface area (Å²) in [6.07, 6.45) is 4.12. The van der Waals surface area contributed by atoms with Crippen LogP contribution in [0.4, 0.5) is 11.4 Å². The minimum atomic E-state index is -0.552. The number of carbonyl (C=O) groups is 1. The van der Waals surface area contributed by atoms with Gasteiger partial charge in [-0.1, -0.05) is 29.8 Å². The van der Waals surface area contributed by atoms with E-state index in [-0.39, 0.29) is 17.3 Å². The fourth-order valence-electron chi connectivity index (χ4n) is 3.57. The predicted octanol–water partition coefficient (Wildman–Crippen LogP) is 3.97. The van der Waals surface area contributed by atoms with E-state index < -0.39 is 4.92 Å². The predicted molar refractivity (Wildman–Crippen MR) is 106 cm³/mol. The fraction of sp³-hybridized carbons (Fsp3) is 0.381. The molecule has 6 nitrogen and oxygen atoms in total. The molecule has 1 aliphatic rings. The molecule has 0 radical (unpaired) electrons. The molecule has 0 aromatic heterocycles. The van der Waals surface area contributed by atoms with E-state index in [1.165, 1.54) is 23.3 Å². The van der Waals surface area contributed by atoms with E-state index in [0.717, 1.165) is 25.7 Å². The second-order valence-electron chi connectivity index (χ2n) is 7.29. The Kier molecular flexibility index (Phi) is 5.74. The van der Waals surface area contributed by atoms with Crippen LogP contribution in [0.5, 0.6) is 0 Å². The highest BCUT2D eigenvalue weighted by atomic mass is 16.6. The Morgan fingerprint density at radius 1 is 1.19 bits per heavy atom. The van der Waals surface area contributed by atoms with E-state index in [1.54, 1.807) is 11.0 Å². The van der Waals surface area contributed by atoms with Crippen LogP contribution < -0.4 is 5.73 Å². The number of anilines is 1. The molecule has 3 rings (SSSR count). The topological polar surface area (TPSA) is 89.5 Å². The maximum Gasteiger partial charge on any atom is 0.292 e. The van der Waals surface area contributed by atoms with E-state index in [4.69, 9.17) is 5.73 Å². The molecule has 2 aromatic rings. The van der Waals surface area contributed by atoms with E-state index >= 15 is 0 Å². The van der Waals surface area contributed by atoms with Crippen LogP contribution in [0.2, 0.25) is 0 Å². The molecule has 0 spiro atoms. The number of nitrogens with zero attached hydrogens (tertiary/aromatic N) is 2. The van der Waals surface area contributed by atoms with Crippen molar-refractivity contribution in [2.75, 3.05) is 18.8 Å². The lowest BCUT2D eigenvalue weighted by molar-refractivity contribution is -0.383. The monoisotopic (exact) mass is 367 g/mol. The summed E-state index contributed by atoms with van der Waals surface area (Å²) in [5.41, 5.74) is 8.43. The fourth-order valence-corrected chi connectivity index (χ4v) is 3.57. The number of hydrogen-bond donors (Lipinski definition) is 1. The molecule has 1 heterocycles. The largest absolute Gasteiger partial charge is 0.393 e. The van der Waals surface area contributed by atoms with Gasteiger partial charge in [0.25, 0.3) is 11.6 Å². The van der Waals surface area contributed by atoms with Gasteiger partial charge in [-0.2, -0.15) is 0 Å². The molecule has 0 bridgehead atoms. The van der Waals surface area contributed by atoms with Crippen LogP contribution in [0.3, 0.4) is 0 Å². The van der Waals surface area contributed by atoms with Gasteiger partial charge in [-0.25, -0.2) is 0 Å². The number of benzene rings is 2. The molecule has 0 atom stereocenters. The quantitative estimate of drug-likeness (QED) is 0.492. The third-order valence-electron chi connectivity index (χ3n) is 5.34. The number of nitro groups is 1. The smallest absolute Gasteiger partial charge is 0.292 e. The van der Waals surface area contributed by atoms with Gasteiger partial charge in [0.05, 0.1) is 4.92 Å². The Hall–Kier alpha value is -2.89. The van der Waals surface area contributed by atoms with Crippen molar-refractivity contribution in [2.24, 2.45) is 5.92 Å². The SMILES string of the molecule is Cc1ccc(CCC2CCN(C(=O)c3ccc(N)c([N+](=O)[O-])c3)CC2)cc1. The highest BCUT2D eigenvalue weighted by molar-refractivity contribution is 5.95. The minimum absolute atomic E-state index is 0.0753. The first-order valence-corrected chi connectivity index (χ1v) is 9.33. The van der Waals surface area contributed by atoms with Crippen molar-refractivity contribution in [1.82, 2.24) is 4.90 Å². The van der Waals surface area contributed by atoms with Gasteiger partial charge in [0.2, 0.25) is 0 Å². The van der Waals surface area contributed by atoms with Crippen LogP contribution in [-0.2, 0) is 6.42 Å². The van der Waals surface area contributed by atoms with Crippen molar-refractivity contribution in [3.05, 3.63) is 69.3 Å². The number of nitrogen functional groups attached to an aromatic ring is 1. The zero-order valence-electron chi connectivity index (χ0n) is 15.6. The van der Waals surface area contributed by atoms with Crippen molar-refractivity contribution < 1.29 is 9.72 Å². The second-order valence-corrected chi connectivity index (χ2v) is 7.29. The standard InChI is InChI=1S/C21H25N3O3/c1-15-2-4-16(5-3-15)6-7-17-10-12-23(13-11-17)21(25)18-8-9-19(22)20(14-18)24(26)27/h2-5,8-9,14,17H,6-7,10-13,22H2,1H3. The lowest BCUT2D eigenvalue weighted by atomic mass is 9.90. The maximum atomic E-state index is 12.7. The Morgan fingerprint density at radius 2 is 1.85 bits per heavy atom. The first kappa shape index (κ1) is 18.9. The normalized spacial score (nSPS) is 14.9. The van der Waals surface area contributed by atoms with Crippen molar-refractivity contribution in [3.63, 3.8) is 0 Å². The number of carbonyl (C=O) groups excluding carboxylic acids is 1. The third kappa shape index (κ3) is 4.64. The molecule has 1 amide bonds. The summed E-state index contributed by atoms with van der Waals surface area (Å²) in [5, 5.41) is 11.0. The summed E-state index contributed by atoms with van der Waals surface area (Å²) in [5.74, 6) is 0.450. The summed E-state index contributed by atoms with van der Waals surface area (Å²) in [7, 11) is 0. The van der Waals surface area contributed by atoms with E-state index in [0.29, 0.717) is 24.6 Å². The van der Waals surface area contributed by atoms with E-state index in [1.807, 2.05) is 0 Å². The van der Waals surface area contributed by atoms with Gasteiger partial charge in [-0.15, -0.1) is 0 Å². The summed E-state index contributed by atoms with van der Waals surface area (Å²) >= 11 is 0. The van der Waals surface area contributed by atoms with Crippen LogP contribution in [0.1, 0.15) is 40.7 Å².